The first-order valence-corrected chi connectivity index (χ1v) is 8.47. The van der Waals surface area contributed by atoms with E-state index in [-0.39, 0.29) is 18.4 Å². The zero-order chi connectivity index (χ0) is 18.9. The maximum absolute atomic E-state index is 12.3. The molecule has 2 amide bonds. The van der Waals surface area contributed by atoms with Crippen LogP contribution in [-0.2, 0) is 4.79 Å². The van der Waals surface area contributed by atoms with Crippen LogP contribution >= 0.6 is 0 Å². The van der Waals surface area contributed by atoms with Gasteiger partial charge in [0.1, 0.15) is 0 Å². The highest BCUT2D eigenvalue weighted by molar-refractivity contribution is 6.04. The number of hydrogen-bond acceptors (Lipinski definition) is 3. The number of carbonyl (C=O) groups is 2. The average molecular weight is 349 g/mol. The molecule has 2 aromatic carbocycles. The molecule has 0 spiro atoms. The summed E-state index contributed by atoms with van der Waals surface area (Å²) in [4.78, 5) is 24.5. The Bertz CT molecular complexity index is 822. The third-order valence-electron chi connectivity index (χ3n) is 3.60. The molecule has 0 aliphatic rings. The van der Waals surface area contributed by atoms with Crippen LogP contribution < -0.4 is 16.0 Å². The number of anilines is 2. The molecule has 0 aliphatic carbocycles. The Labute approximate surface area is 154 Å². The average Bonchev–Trinajstić information content (AvgIpc) is 2.65. The number of hydrogen-bond donors (Lipinski definition) is 3. The van der Waals surface area contributed by atoms with Crippen molar-refractivity contribution < 1.29 is 9.59 Å². The maximum Gasteiger partial charge on any atom is 0.253 e. The van der Waals surface area contributed by atoms with E-state index in [9.17, 15) is 9.59 Å². The minimum atomic E-state index is -0.250. The van der Waals surface area contributed by atoms with Crippen LogP contribution in [-0.4, -0.2) is 24.9 Å². The topological polar surface area (TPSA) is 70.2 Å². The standard InChI is InChI=1S/C21H23N3O2/c1-4-16-8-7-9-17(12-16)22-14-20(25)24-19-11-6-5-10-18(19)21(26)23-13-15(2)3/h1,5-12,15,22H,13-14H2,2-3H3,(H,23,26)(H,24,25). The van der Waals surface area contributed by atoms with Crippen LogP contribution in [0.2, 0.25) is 0 Å². The highest BCUT2D eigenvalue weighted by Gasteiger charge is 2.13. The Hall–Kier alpha value is -3.26. The first kappa shape index (κ1) is 19.1. The summed E-state index contributed by atoms with van der Waals surface area (Å²) in [5.74, 6) is 2.45. The first-order valence-electron chi connectivity index (χ1n) is 8.47. The lowest BCUT2D eigenvalue weighted by Crippen LogP contribution is -2.29. The maximum atomic E-state index is 12.3. The molecular formula is C21H23N3O2. The summed E-state index contributed by atoms with van der Waals surface area (Å²) in [5, 5.41) is 8.65. The fraction of sp³-hybridized carbons (Fsp3) is 0.238. The van der Waals surface area contributed by atoms with E-state index >= 15 is 0 Å². The number of nitrogens with one attached hydrogen (secondary N) is 3. The SMILES string of the molecule is C#Cc1cccc(NCC(=O)Nc2ccccc2C(=O)NCC(C)C)c1. The molecule has 3 N–H and O–H groups in total. The minimum absolute atomic E-state index is 0.0654. The van der Waals surface area contributed by atoms with Crippen molar-refractivity contribution in [2.45, 2.75) is 13.8 Å². The van der Waals surface area contributed by atoms with E-state index in [1.807, 2.05) is 32.0 Å². The van der Waals surface area contributed by atoms with Crippen molar-refractivity contribution in [1.29, 1.82) is 0 Å². The van der Waals surface area contributed by atoms with Crippen LogP contribution in [0.25, 0.3) is 0 Å². The second-order valence-corrected chi connectivity index (χ2v) is 6.28. The van der Waals surface area contributed by atoms with Crippen molar-refractivity contribution in [3.63, 3.8) is 0 Å². The van der Waals surface area contributed by atoms with Crippen LogP contribution in [0.15, 0.2) is 48.5 Å². The Morgan fingerprint density at radius 2 is 1.88 bits per heavy atom. The molecule has 0 saturated heterocycles. The molecule has 0 fully saturated rings. The summed E-state index contributed by atoms with van der Waals surface area (Å²) in [6.45, 7) is 4.69. The van der Waals surface area contributed by atoms with Crippen LogP contribution in [0.4, 0.5) is 11.4 Å². The molecule has 0 saturated carbocycles. The highest BCUT2D eigenvalue weighted by Crippen LogP contribution is 2.15. The molecule has 5 heteroatoms. The quantitative estimate of drug-likeness (QED) is 0.673. The smallest absolute Gasteiger partial charge is 0.253 e. The van der Waals surface area contributed by atoms with Crippen molar-refractivity contribution in [2.75, 3.05) is 23.7 Å². The second-order valence-electron chi connectivity index (χ2n) is 6.28. The number of carbonyl (C=O) groups excluding carboxylic acids is 2. The van der Waals surface area contributed by atoms with E-state index in [0.717, 1.165) is 11.3 Å². The van der Waals surface area contributed by atoms with E-state index in [4.69, 9.17) is 6.42 Å². The van der Waals surface area contributed by atoms with Gasteiger partial charge in [-0.15, -0.1) is 6.42 Å². The van der Waals surface area contributed by atoms with Gasteiger partial charge < -0.3 is 16.0 Å². The summed E-state index contributed by atoms with van der Waals surface area (Å²) in [6, 6.07) is 14.2. The lowest BCUT2D eigenvalue weighted by atomic mass is 10.1. The first-order chi connectivity index (χ1) is 12.5. The van der Waals surface area contributed by atoms with Crippen molar-refractivity contribution in [1.82, 2.24) is 5.32 Å². The predicted octanol–water partition coefficient (Wildman–Crippen LogP) is 3.10. The van der Waals surface area contributed by atoms with Crippen molar-refractivity contribution in [3.8, 4) is 12.3 Å². The normalized spacial score (nSPS) is 10.1. The van der Waals surface area contributed by atoms with Crippen molar-refractivity contribution >= 4 is 23.2 Å². The van der Waals surface area contributed by atoms with Gasteiger partial charge in [-0.05, 0) is 36.2 Å². The Morgan fingerprint density at radius 1 is 1.12 bits per heavy atom. The Kier molecular flexibility index (Phi) is 6.81. The van der Waals surface area contributed by atoms with Gasteiger partial charge in [-0.3, -0.25) is 9.59 Å². The van der Waals surface area contributed by atoms with Crippen LogP contribution in [0.3, 0.4) is 0 Å². The van der Waals surface area contributed by atoms with E-state index in [1.165, 1.54) is 0 Å². The van der Waals surface area contributed by atoms with Gasteiger partial charge in [-0.25, -0.2) is 0 Å². The number of amides is 2. The summed E-state index contributed by atoms with van der Waals surface area (Å²) in [7, 11) is 0. The van der Waals surface area contributed by atoms with Crippen LogP contribution in [0, 0.1) is 18.3 Å². The third kappa shape index (κ3) is 5.67. The molecule has 134 valence electrons. The van der Waals surface area contributed by atoms with Gasteiger partial charge >= 0.3 is 0 Å². The van der Waals surface area contributed by atoms with E-state index in [0.29, 0.717) is 23.7 Å². The molecule has 5 nitrogen and oxygen atoms in total. The molecule has 2 rings (SSSR count). The molecule has 0 heterocycles. The fourth-order valence-electron chi connectivity index (χ4n) is 2.28. The fourth-order valence-corrected chi connectivity index (χ4v) is 2.28. The van der Waals surface area contributed by atoms with Gasteiger partial charge in [0.05, 0.1) is 17.8 Å². The number of terminal acetylenes is 1. The van der Waals surface area contributed by atoms with Gasteiger partial charge in [0.2, 0.25) is 5.91 Å². The lowest BCUT2D eigenvalue weighted by Gasteiger charge is -2.13. The van der Waals surface area contributed by atoms with Gasteiger partial charge in [-0.1, -0.05) is 38.0 Å². The second kappa shape index (κ2) is 9.28. The monoisotopic (exact) mass is 349 g/mol. The number of rotatable bonds is 7. The zero-order valence-corrected chi connectivity index (χ0v) is 15.0. The van der Waals surface area contributed by atoms with Crippen LogP contribution in [0.5, 0.6) is 0 Å². The number of benzene rings is 2. The van der Waals surface area contributed by atoms with E-state index < -0.39 is 0 Å². The highest BCUT2D eigenvalue weighted by atomic mass is 16.2. The molecule has 0 unspecified atom stereocenters. The molecule has 0 atom stereocenters. The molecule has 26 heavy (non-hydrogen) atoms. The predicted molar refractivity (Wildman–Crippen MR) is 105 cm³/mol. The summed E-state index contributed by atoms with van der Waals surface area (Å²) >= 11 is 0. The Balaban J connectivity index is 1.98. The van der Waals surface area contributed by atoms with E-state index in [2.05, 4.69) is 21.9 Å². The number of para-hydroxylation sites is 1. The summed E-state index contributed by atoms with van der Waals surface area (Å²) in [5.41, 5.74) is 2.43. The zero-order valence-electron chi connectivity index (χ0n) is 15.0. The summed E-state index contributed by atoms with van der Waals surface area (Å²) < 4.78 is 0. The lowest BCUT2D eigenvalue weighted by molar-refractivity contribution is -0.114. The van der Waals surface area contributed by atoms with Crippen molar-refractivity contribution in [3.05, 3.63) is 59.7 Å². The molecule has 0 bridgehead atoms. The molecule has 0 radical (unpaired) electrons. The third-order valence-corrected chi connectivity index (χ3v) is 3.60. The van der Waals surface area contributed by atoms with E-state index in [1.54, 1.807) is 30.3 Å². The summed E-state index contributed by atoms with van der Waals surface area (Å²) in [6.07, 6.45) is 5.37. The van der Waals surface area contributed by atoms with Gasteiger partial charge in [0.25, 0.3) is 5.91 Å². The van der Waals surface area contributed by atoms with Gasteiger partial charge in [-0.2, -0.15) is 0 Å². The molecule has 0 aliphatic heterocycles. The molecule has 2 aromatic rings. The molecule has 0 aromatic heterocycles. The van der Waals surface area contributed by atoms with Crippen LogP contribution in [0.1, 0.15) is 29.8 Å². The van der Waals surface area contributed by atoms with Crippen molar-refractivity contribution in [2.24, 2.45) is 5.92 Å². The largest absolute Gasteiger partial charge is 0.376 e. The minimum Gasteiger partial charge on any atom is -0.376 e. The van der Waals surface area contributed by atoms with Gasteiger partial charge in [0.15, 0.2) is 0 Å². The Morgan fingerprint density at radius 3 is 2.62 bits per heavy atom. The van der Waals surface area contributed by atoms with Gasteiger partial charge in [0, 0.05) is 17.8 Å². The molecular weight excluding hydrogens is 326 g/mol.